The minimum atomic E-state index is 0.0926. The van der Waals surface area contributed by atoms with Crippen molar-refractivity contribution in [1.82, 2.24) is 0 Å². The van der Waals surface area contributed by atoms with Crippen LogP contribution in [0.1, 0.15) is 0 Å². The normalized spacial score (nSPS) is 22.9. The van der Waals surface area contributed by atoms with Gasteiger partial charge in [0.25, 0.3) is 0 Å². The standard InChI is InChI=1S/C3H5NOS2/c5-4-3-1-6-7-2-3/h3H,1-2H2. The fourth-order valence-corrected chi connectivity index (χ4v) is 2.90. The lowest BCUT2D eigenvalue weighted by atomic mass is 10.4. The molecule has 0 spiro atoms. The molecular weight excluding hydrogens is 130 g/mol. The van der Waals surface area contributed by atoms with Crippen LogP contribution in [0.2, 0.25) is 0 Å². The molecular formula is C3H5NOS2. The van der Waals surface area contributed by atoms with Gasteiger partial charge in [-0.3, -0.25) is 0 Å². The minimum Gasteiger partial charge on any atom is -0.150 e. The lowest BCUT2D eigenvalue weighted by Crippen LogP contribution is -2.01. The molecule has 0 aromatic rings. The van der Waals surface area contributed by atoms with E-state index >= 15 is 0 Å². The van der Waals surface area contributed by atoms with Gasteiger partial charge in [0, 0.05) is 11.5 Å². The van der Waals surface area contributed by atoms with E-state index in [1.165, 1.54) is 0 Å². The molecule has 1 heterocycles. The van der Waals surface area contributed by atoms with Crippen LogP contribution in [0.5, 0.6) is 0 Å². The highest BCUT2D eigenvalue weighted by Gasteiger charge is 2.15. The van der Waals surface area contributed by atoms with Gasteiger partial charge >= 0.3 is 0 Å². The summed E-state index contributed by atoms with van der Waals surface area (Å²) >= 11 is 0. The summed E-state index contributed by atoms with van der Waals surface area (Å²) in [6, 6.07) is 0.0926. The smallest absolute Gasteiger partial charge is 0.112 e. The van der Waals surface area contributed by atoms with Gasteiger partial charge in [-0.2, -0.15) is 4.91 Å². The Hall–Kier alpha value is 0.300. The van der Waals surface area contributed by atoms with E-state index in [0.717, 1.165) is 11.5 Å². The van der Waals surface area contributed by atoms with Crippen LogP contribution in [0.25, 0.3) is 0 Å². The van der Waals surface area contributed by atoms with Crippen molar-refractivity contribution in [2.24, 2.45) is 5.18 Å². The van der Waals surface area contributed by atoms with Gasteiger partial charge in [0.1, 0.15) is 6.04 Å². The number of rotatable bonds is 1. The van der Waals surface area contributed by atoms with Gasteiger partial charge in [-0.15, -0.1) is 0 Å². The SMILES string of the molecule is O=NC1CSSC1. The van der Waals surface area contributed by atoms with Crippen molar-refractivity contribution in [1.29, 1.82) is 0 Å². The first-order valence-electron chi connectivity index (χ1n) is 2.00. The van der Waals surface area contributed by atoms with Crippen molar-refractivity contribution in [3.05, 3.63) is 4.91 Å². The van der Waals surface area contributed by atoms with Gasteiger partial charge in [0.05, 0.1) is 0 Å². The zero-order valence-corrected chi connectivity index (χ0v) is 5.30. The Kier molecular flexibility index (Phi) is 2.00. The Bertz CT molecular complexity index is 71.3. The molecule has 1 fully saturated rings. The molecule has 7 heavy (non-hydrogen) atoms. The maximum atomic E-state index is 9.73. The van der Waals surface area contributed by atoms with Crippen LogP contribution in [0, 0.1) is 4.91 Å². The first-order chi connectivity index (χ1) is 3.43. The van der Waals surface area contributed by atoms with Gasteiger partial charge in [-0.05, 0) is 0 Å². The average Bonchev–Trinajstić information content (AvgIpc) is 2.14. The number of nitrogens with zero attached hydrogens (tertiary/aromatic N) is 1. The third kappa shape index (κ3) is 1.35. The van der Waals surface area contributed by atoms with Gasteiger partial charge in [-0.25, -0.2) is 0 Å². The van der Waals surface area contributed by atoms with Gasteiger partial charge in [0.15, 0.2) is 0 Å². The topological polar surface area (TPSA) is 29.4 Å². The molecule has 1 saturated heterocycles. The molecule has 1 rings (SSSR count). The highest BCUT2D eigenvalue weighted by molar-refractivity contribution is 8.77. The monoisotopic (exact) mass is 135 g/mol. The molecule has 0 saturated carbocycles. The summed E-state index contributed by atoms with van der Waals surface area (Å²) in [5.41, 5.74) is 0. The third-order valence-corrected chi connectivity index (χ3v) is 3.28. The van der Waals surface area contributed by atoms with E-state index in [1.807, 2.05) is 0 Å². The molecule has 1 aliphatic heterocycles. The van der Waals surface area contributed by atoms with E-state index in [9.17, 15) is 4.91 Å². The van der Waals surface area contributed by atoms with Crippen LogP contribution in [0.4, 0.5) is 0 Å². The largest absolute Gasteiger partial charge is 0.150 e. The van der Waals surface area contributed by atoms with E-state index in [2.05, 4.69) is 5.18 Å². The fourth-order valence-electron chi connectivity index (χ4n) is 0.362. The van der Waals surface area contributed by atoms with Crippen molar-refractivity contribution in [2.75, 3.05) is 11.5 Å². The Morgan fingerprint density at radius 2 is 2.00 bits per heavy atom. The summed E-state index contributed by atoms with van der Waals surface area (Å²) in [5.74, 6) is 1.82. The van der Waals surface area contributed by atoms with Gasteiger partial charge < -0.3 is 0 Å². The van der Waals surface area contributed by atoms with Crippen molar-refractivity contribution >= 4 is 21.6 Å². The van der Waals surface area contributed by atoms with E-state index in [0.29, 0.717) is 0 Å². The van der Waals surface area contributed by atoms with E-state index in [1.54, 1.807) is 21.6 Å². The average molecular weight is 135 g/mol. The molecule has 0 aliphatic carbocycles. The maximum absolute atomic E-state index is 9.73. The molecule has 0 aromatic carbocycles. The number of hydrogen-bond donors (Lipinski definition) is 0. The molecule has 0 radical (unpaired) electrons. The van der Waals surface area contributed by atoms with Crippen LogP contribution in [0.15, 0.2) is 5.18 Å². The van der Waals surface area contributed by atoms with E-state index < -0.39 is 0 Å². The second-order valence-electron chi connectivity index (χ2n) is 1.33. The summed E-state index contributed by atoms with van der Waals surface area (Å²) in [6.07, 6.45) is 0. The predicted molar refractivity (Wildman–Crippen MR) is 34.5 cm³/mol. The summed E-state index contributed by atoms with van der Waals surface area (Å²) in [7, 11) is 3.46. The fraction of sp³-hybridized carbons (Fsp3) is 1.00. The summed E-state index contributed by atoms with van der Waals surface area (Å²) in [4.78, 5) is 9.73. The lowest BCUT2D eigenvalue weighted by molar-refractivity contribution is 0.864. The Morgan fingerprint density at radius 3 is 2.29 bits per heavy atom. The lowest BCUT2D eigenvalue weighted by Gasteiger charge is -1.86. The third-order valence-electron chi connectivity index (χ3n) is 0.753. The van der Waals surface area contributed by atoms with Crippen LogP contribution < -0.4 is 0 Å². The van der Waals surface area contributed by atoms with E-state index in [-0.39, 0.29) is 6.04 Å². The summed E-state index contributed by atoms with van der Waals surface area (Å²) in [6.45, 7) is 0. The first-order valence-corrected chi connectivity index (χ1v) is 4.49. The molecule has 0 aromatic heterocycles. The second-order valence-corrected chi connectivity index (χ2v) is 3.88. The summed E-state index contributed by atoms with van der Waals surface area (Å²) in [5, 5.41) is 2.90. The summed E-state index contributed by atoms with van der Waals surface area (Å²) < 4.78 is 0. The number of nitroso groups, excluding NO2 is 1. The maximum Gasteiger partial charge on any atom is 0.112 e. The minimum absolute atomic E-state index is 0.0926. The molecule has 4 heteroatoms. The van der Waals surface area contributed by atoms with Crippen LogP contribution >= 0.6 is 21.6 Å². The highest BCUT2D eigenvalue weighted by Crippen LogP contribution is 2.31. The van der Waals surface area contributed by atoms with Crippen LogP contribution in [0.3, 0.4) is 0 Å². The molecule has 0 bridgehead atoms. The first kappa shape index (κ1) is 5.44. The second kappa shape index (κ2) is 2.57. The molecule has 0 amide bonds. The highest BCUT2D eigenvalue weighted by atomic mass is 33.1. The molecule has 2 nitrogen and oxygen atoms in total. The molecule has 0 unspecified atom stereocenters. The zero-order valence-electron chi connectivity index (χ0n) is 3.66. The molecule has 40 valence electrons. The molecule has 0 N–H and O–H groups in total. The Balaban J connectivity index is 2.26. The van der Waals surface area contributed by atoms with Gasteiger partial charge in [0.2, 0.25) is 0 Å². The van der Waals surface area contributed by atoms with Crippen molar-refractivity contribution in [3.8, 4) is 0 Å². The predicted octanol–water partition coefficient (Wildman–Crippen LogP) is 1.52. The number of hydrogen-bond acceptors (Lipinski definition) is 4. The van der Waals surface area contributed by atoms with Crippen molar-refractivity contribution in [3.63, 3.8) is 0 Å². The van der Waals surface area contributed by atoms with Crippen LogP contribution in [-0.4, -0.2) is 17.5 Å². The van der Waals surface area contributed by atoms with Gasteiger partial charge in [-0.1, -0.05) is 26.8 Å². The van der Waals surface area contributed by atoms with Crippen molar-refractivity contribution < 1.29 is 0 Å². The Morgan fingerprint density at radius 1 is 1.43 bits per heavy atom. The van der Waals surface area contributed by atoms with E-state index in [4.69, 9.17) is 0 Å². The van der Waals surface area contributed by atoms with Crippen LogP contribution in [-0.2, 0) is 0 Å². The quantitative estimate of drug-likeness (QED) is 0.403. The molecule has 0 atom stereocenters. The zero-order chi connectivity index (χ0) is 5.11. The Labute approximate surface area is 49.8 Å². The molecule has 1 aliphatic rings. The van der Waals surface area contributed by atoms with Crippen molar-refractivity contribution in [2.45, 2.75) is 6.04 Å².